The van der Waals surface area contributed by atoms with Crippen LogP contribution in [0.15, 0.2) is 23.0 Å². The molecule has 0 aliphatic rings. The van der Waals surface area contributed by atoms with Crippen molar-refractivity contribution in [1.29, 1.82) is 0 Å². The summed E-state index contributed by atoms with van der Waals surface area (Å²) in [7, 11) is 0. The fraction of sp³-hybridized carbons (Fsp3) is 0.222. The first kappa shape index (κ1) is 10.7. The third-order valence-corrected chi connectivity index (χ3v) is 2.14. The van der Waals surface area contributed by atoms with Crippen LogP contribution in [0.4, 0.5) is 0 Å². The molecule has 0 saturated carbocycles. The lowest BCUT2D eigenvalue weighted by Crippen LogP contribution is -2.05. The summed E-state index contributed by atoms with van der Waals surface area (Å²) in [6.07, 6.45) is 3.58. The number of hydrogen-bond acceptors (Lipinski definition) is 4. The highest BCUT2D eigenvalue weighted by Gasteiger charge is 1.90. The predicted molar refractivity (Wildman–Crippen MR) is 57.0 cm³/mol. The number of carbonyl (C=O) groups excluding carboxylic acids is 1. The lowest BCUT2D eigenvalue weighted by Gasteiger charge is -1.90. The van der Waals surface area contributed by atoms with Gasteiger partial charge in [0.1, 0.15) is 0 Å². The minimum Gasteiger partial charge on any atom is -0.288 e. The van der Waals surface area contributed by atoms with Crippen molar-refractivity contribution in [2.24, 2.45) is 0 Å². The molecule has 14 heavy (non-hydrogen) atoms. The van der Waals surface area contributed by atoms with E-state index >= 15 is 0 Å². The number of carbonyl (C=O) groups is 1. The average Bonchev–Trinajstić information content (AvgIpc) is 2.15. The SMILES string of the molecule is CC(=O)SCC=Cc1ccc(=O)[nH]n1. The van der Waals surface area contributed by atoms with E-state index in [1.165, 1.54) is 24.8 Å². The number of nitrogens with one attached hydrogen (secondary N) is 1. The van der Waals surface area contributed by atoms with Gasteiger partial charge in [-0.2, -0.15) is 5.10 Å². The highest BCUT2D eigenvalue weighted by atomic mass is 32.2. The van der Waals surface area contributed by atoms with Crippen LogP contribution in [-0.2, 0) is 4.79 Å². The minimum absolute atomic E-state index is 0.0871. The van der Waals surface area contributed by atoms with Crippen LogP contribution < -0.4 is 5.56 Å². The summed E-state index contributed by atoms with van der Waals surface area (Å²) >= 11 is 1.23. The van der Waals surface area contributed by atoms with Crippen LogP contribution in [0, 0.1) is 0 Å². The lowest BCUT2D eigenvalue weighted by molar-refractivity contribution is -0.109. The van der Waals surface area contributed by atoms with Gasteiger partial charge in [-0.25, -0.2) is 5.10 Å². The number of aromatic amines is 1. The second-order valence-electron chi connectivity index (χ2n) is 2.55. The summed E-state index contributed by atoms with van der Waals surface area (Å²) in [6, 6.07) is 3.03. The molecule has 0 atom stereocenters. The molecule has 1 rings (SSSR count). The van der Waals surface area contributed by atoms with Crippen LogP contribution in [0.5, 0.6) is 0 Å². The van der Waals surface area contributed by atoms with Crippen molar-refractivity contribution < 1.29 is 4.79 Å². The van der Waals surface area contributed by atoms with Crippen LogP contribution in [0.25, 0.3) is 6.08 Å². The van der Waals surface area contributed by atoms with E-state index in [0.29, 0.717) is 11.4 Å². The maximum Gasteiger partial charge on any atom is 0.264 e. The maximum absolute atomic E-state index is 10.7. The van der Waals surface area contributed by atoms with E-state index in [1.807, 2.05) is 6.08 Å². The number of aromatic nitrogens is 2. The van der Waals surface area contributed by atoms with E-state index in [2.05, 4.69) is 10.2 Å². The average molecular weight is 210 g/mol. The molecule has 0 aliphatic heterocycles. The first-order chi connectivity index (χ1) is 6.68. The predicted octanol–water partition coefficient (Wildman–Crippen LogP) is 1.06. The normalized spacial score (nSPS) is 10.6. The van der Waals surface area contributed by atoms with E-state index in [0.717, 1.165) is 0 Å². The van der Waals surface area contributed by atoms with E-state index in [1.54, 1.807) is 12.1 Å². The molecule has 5 heteroatoms. The van der Waals surface area contributed by atoms with Crippen LogP contribution in [0.3, 0.4) is 0 Å². The molecule has 0 aliphatic carbocycles. The molecule has 0 aromatic carbocycles. The Balaban J connectivity index is 2.48. The van der Waals surface area contributed by atoms with Crippen LogP contribution in [0.1, 0.15) is 12.6 Å². The Kier molecular flexibility index (Phi) is 4.12. The Bertz CT molecular complexity index is 378. The second kappa shape index (κ2) is 5.39. The second-order valence-corrected chi connectivity index (χ2v) is 3.75. The smallest absolute Gasteiger partial charge is 0.264 e. The van der Waals surface area contributed by atoms with Gasteiger partial charge in [-0.15, -0.1) is 0 Å². The third-order valence-electron chi connectivity index (χ3n) is 1.37. The number of thioether (sulfide) groups is 1. The Morgan fingerprint density at radius 1 is 1.64 bits per heavy atom. The Morgan fingerprint density at radius 2 is 2.43 bits per heavy atom. The molecule has 0 fully saturated rings. The number of H-pyrrole nitrogens is 1. The lowest BCUT2D eigenvalue weighted by atomic mass is 10.3. The quantitative estimate of drug-likeness (QED) is 0.810. The number of nitrogens with zero attached hydrogens (tertiary/aromatic N) is 1. The van der Waals surface area contributed by atoms with Crippen LogP contribution >= 0.6 is 11.8 Å². The highest BCUT2D eigenvalue weighted by Crippen LogP contribution is 2.02. The fourth-order valence-electron chi connectivity index (χ4n) is 0.782. The summed E-state index contributed by atoms with van der Waals surface area (Å²) in [5.41, 5.74) is 0.453. The number of rotatable bonds is 3. The van der Waals surface area contributed by atoms with E-state index < -0.39 is 0 Å². The van der Waals surface area contributed by atoms with Gasteiger partial charge in [-0.1, -0.05) is 17.8 Å². The summed E-state index contributed by atoms with van der Waals surface area (Å²) in [4.78, 5) is 21.2. The Hall–Kier alpha value is -1.36. The summed E-state index contributed by atoms with van der Waals surface area (Å²) in [5.74, 6) is 0.621. The minimum atomic E-state index is -0.222. The molecular formula is C9H10N2O2S. The zero-order valence-corrected chi connectivity index (χ0v) is 8.50. The van der Waals surface area contributed by atoms with Crippen molar-refractivity contribution in [2.75, 3.05) is 5.75 Å². The third kappa shape index (κ3) is 4.04. The molecule has 0 amide bonds. The molecule has 1 N–H and O–H groups in total. The van der Waals surface area contributed by atoms with Crippen LogP contribution in [-0.4, -0.2) is 21.1 Å². The van der Waals surface area contributed by atoms with Crippen LogP contribution in [0.2, 0.25) is 0 Å². The van der Waals surface area contributed by atoms with Crippen molar-refractivity contribution in [3.63, 3.8) is 0 Å². The van der Waals surface area contributed by atoms with E-state index in [-0.39, 0.29) is 10.7 Å². The highest BCUT2D eigenvalue weighted by molar-refractivity contribution is 8.13. The van der Waals surface area contributed by atoms with Gasteiger partial charge in [0.25, 0.3) is 5.56 Å². The Labute approximate surface area is 85.4 Å². The standard InChI is InChI=1S/C9H10N2O2S/c1-7(12)14-6-2-3-8-4-5-9(13)11-10-8/h2-5H,6H2,1H3,(H,11,13). The largest absolute Gasteiger partial charge is 0.288 e. The van der Waals surface area contributed by atoms with Gasteiger partial charge < -0.3 is 0 Å². The van der Waals surface area contributed by atoms with Gasteiger partial charge >= 0.3 is 0 Å². The van der Waals surface area contributed by atoms with Crippen molar-refractivity contribution in [3.8, 4) is 0 Å². The molecule has 0 spiro atoms. The van der Waals surface area contributed by atoms with Gasteiger partial charge in [0.05, 0.1) is 5.69 Å². The number of hydrogen-bond donors (Lipinski definition) is 1. The molecule has 1 aromatic heterocycles. The molecule has 0 bridgehead atoms. The maximum atomic E-state index is 10.7. The molecule has 1 heterocycles. The van der Waals surface area contributed by atoms with Gasteiger partial charge in [0.2, 0.25) is 0 Å². The molecular weight excluding hydrogens is 200 g/mol. The zero-order valence-electron chi connectivity index (χ0n) is 7.69. The van der Waals surface area contributed by atoms with Crippen molar-refractivity contribution in [1.82, 2.24) is 10.2 Å². The van der Waals surface area contributed by atoms with Crippen molar-refractivity contribution >= 4 is 23.0 Å². The summed E-state index contributed by atoms with van der Waals surface area (Å²) in [5, 5.41) is 6.18. The van der Waals surface area contributed by atoms with E-state index in [9.17, 15) is 9.59 Å². The van der Waals surface area contributed by atoms with E-state index in [4.69, 9.17) is 0 Å². The zero-order chi connectivity index (χ0) is 10.4. The van der Waals surface area contributed by atoms with Gasteiger partial charge in [-0.05, 0) is 12.1 Å². The summed E-state index contributed by atoms with van der Waals surface area (Å²) < 4.78 is 0. The molecule has 0 unspecified atom stereocenters. The summed E-state index contributed by atoms with van der Waals surface area (Å²) in [6.45, 7) is 1.52. The molecule has 0 saturated heterocycles. The van der Waals surface area contributed by atoms with Gasteiger partial charge in [0.15, 0.2) is 5.12 Å². The molecule has 74 valence electrons. The van der Waals surface area contributed by atoms with Gasteiger partial charge in [0, 0.05) is 18.7 Å². The monoisotopic (exact) mass is 210 g/mol. The first-order valence-corrected chi connectivity index (χ1v) is 5.02. The molecule has 4 nitrogen and oxygen atoms in total. The topological polar surface area (TPSA) is 62.8 Å². The molecule has 0 radical (unpaired) electrons. The molecule has 1 aromatic rings. The Morgan fingerprint density at radius 3 is 3.00 bits per heavy atom. The van der Waals surface area contributed by atoms with Crippen molar-refractivity contribution in [2.45, 2.75) is 6.92 Å². The fourth-order valence-corrected chi connectivity index (χ4v) is 1.21. The van der Waals surface area contributed by atoms with Gasteiger partial charge in [-0.3, -0.25) is 9.59 Å². The van der Waals surface area contributed by atoms with Crippen molar-refractivity contribution in [3.05, 3.63) is 34.3 Å². The first-order valence-electron chi connectivity index (χ1n) is 4.04.